The number of ether oxygens (including phenoxy) is 1. The van der Waals surface area contributed by atoms with Crippen molar-refractivity contribution in [3.05, 3.63) is 53.6 Å². The molecule has 2 rings (SSSR count). The third-order valence-corrected chi connectivity index (χ3v) is 2.72. The highest BCUT2D eigenvalue weighted by Crippen LogP contribution is 2.24. The second-order valence-corrected chi connectivity index (χ2v) is 4.32. The predicted molar refractivity (Wildman–Crippen MR) is 72.7 cm³/mol. The molecule has 0 radical (unpaired) electrons. The van der Waals surface area contributed by atoms with Crippen LogP contribution in [0.25, 0.3) is 11.1 Å². The minimum absolute atomic E-state index is 0.758. The fraction of sp³-hybridized carbons (Fsp3) is 0.200. The largest absolute Gasteiger partial charge is 0.494 e. The Labute approximate surface area is 107 Å². The molecule has 0 aliphatic rings. The fourth-order valence-electron chi connectivity index (χ4n) is 1.63. The molecule has 0 aromatic heterocycles. The molecule has 0 fully saturated rings. The zero-order valence-corrected chi connectivity index (χ0v) is 10.6. The lowest BCUT2D eigenvalue weighted by atomic mass is 10.1. The average Bonchev–Trinajstić information content (AvgIpc) is 2.37. The molecule has 0 atom stereocenters. The van der Waals surface area contributed by atoms with Gasteiger partial charge in [0.05, 0.1) is 6.61 Å². The van der Waals surface area contributed by atoms with E-state index in [1.54, 1.807) is 0 Å². The third kappa shape index (κ3) is 3.24. The topological polar surface area (TPSA) is 9.23 Å². The Hall–Kier alpha value is -1.47. The summed E-state index contributed by atoms with van der Waals surface area (Å²) in [6, 6.07) is 15.9. The minimum Gasteiger partial charge on any atom is -0.494 e. The van der Waals surface area contributed by atoms with Gasteiger partial charge < -0.3 is 4.74 Å². The van der Waals surface area contributed by atoms with Crippen LogP contribution in [0.5, 0.6) is 5.75 Å². The first-order valence-electron chi connectivity index (χ1n) is 5.78. The molecule has 0 spiro atoms. The van der Waals surface area contributed by atoms with Gasteiger partial charge in [-0.05, 0) is 41.8 Å². The van der Waals surface area contributed by atoms with Gasteiger partial charge in [-0.1, -0.05) is 42.8 Å². The number of hydrogen-bond acceptors (Lipinski definition) is 1. The van der Waals surface area contributed by atoms with Crippen molar-refractivity contribution in [2.75, 3.05) is 6.61 Å². The SMILES string of the molecule is CCCOc1ccc(-c2cccc(Cl)c2)cc1. The average molecular weight is 247 g/mol. The summed E-state index contributed by atoms with van der Waals surface area (Å²) in [6.07, 6.45) is 1.02. The summed E-state index contributed by atoms with van der Waals surface area (Å²) in [6.45, 7) is 2.86. The Kier molecular flexibility index (Phi) is 4.05. The monoisotopic (exact) mass is 246 g/mol. The summed E-state index contributed by atoms with van der Waals surface area (Å²) in [4.78, 5) is 0. The first-order valence-corrected chi connectivity index (χ1v) is 6.16. The summed E-state index contributed by atoms with van der Waals surface area (Å²) in [5.74, 6) is 0.914. The Morgan fingerprint density at radius 2 is 1.76 bits per heavy atom. The molecular weight excluding hydrogens is 232 g/mol. The van der Waals surface area contributed by atoms with Gasteiger partial charge >= 0.3 is 0 Å². The van der Waals surface area contributed by atoms with E-state index in [-0.39, 0.29) is 0 Å². The molecule has 17 heavy (non-hydrogen) atoms. The highest BCUT2D eigenvalue weighted by Gasteiger charge is 1.99. The molecule has 88 valence electrons. The van der Waals surface area contributed by atoms with Crippen molar-refractivity contribution < 1.29 is 4.74 Å². The number of benzene rings is 2. The van der Waals surface area contributed by atoms with Gasteiger partial charge in [0.15, 0.2) is 0 Å². The van der Waals surface area contributed by atoms with Crippen molar-refractivity contribution in [2.45, 2.75) is 13.3 Å². The number of hydrogen-bond donors (Lipinski definition) is 0. The second-order valence-electron chi connectivity index (χ2n) is 3.88. The summed E-state index contributed by atoms with van der Waals surface area (Å²) >= 11 is 5.97. The molecule has 0 saturated carbocycles. The van der Waals surface area contributed by atoms with E-state index in [4.69, 9.17) is 16.3 Å². The van der Waals surface area contributed by atoms with Gasteiger partial charge in [0.1, 0.15) is 5.75 Å². The van der Waals surface area contributed by atoms with Crippen LogP contribution in [0.1, 0.15) is 13.3 Å². The van der Waals surface area contributed by atoms with E-state index in [1.165, 1.54) is 0 Å². The molecular formula is C15H15ClO. The van der Waals surface area contributed by atoms with Gasteiger partial charge in [0.2, 0.25) is 0 Å². The predicted octanol–water partition coefficient (Wildman–Crippen LogP) is 4.80. The molecule has 2 aromatic carbocycles. The van der Waals surface area contributed by atoms with Crippen LogP contribution in [0.4, 0.5) is 0 Å². The van der Waals surface area contributed by atoms with Gasteiger partial charge in [0, 0.05) is 5.02 Å². The Morgan fingerprint density at radius 1 is 1.00 bits per heavy atom. The molecule has 2 aromatic rings. The Morgan fingerprint density at radius 3 is 2.41 bits per heavy atom. The van der Waals surface area contributed by atoms with Crippen molar-refractivity contribution in [2.24, 2.45) is 0 Å². The smallest absolute Gasteiger partial charge is 0.119 e. The van der Waals surface area contributed by atoms with Crippen molar-refractivity contribution in [1.82, 2.24) is 0 Å². The first kappa shape index (κ1) is 12.0. The van der Waals surface area contributed by atoms with Gasteiger partial charge in [-0.15, -0.1) is 0 Å². The standard InChI is InChI=1S/C15H15ClO/c1-2-10-17-15-8-6-12(7-9-15)13-4-3-5-14(16)11-13/h3-9,11H,2,10H2,1H3. The molecule has 0 N–H and O–H groups in total. The number of halogens is 1. The van der Waals surface area contributed by atoms with Crippen molar-refractivity contribution >= 4 is 11.6 Å². The first-order chi connectivity index (χ1) is 8.29. The van der Waals surface area contributed by atoms with Crippen molar-refractivity contribution in [1.29, 1.82) is 0 Å². The van der Waals surface area contributed by atoms with Gasteiger partial charge in [-0.2, -0.15) is 0 Å². The van der Waals surface area contributed by atoms with E-state index in [0.29, 0.717) is 0 Å². The summed E-state index contributed by atoms with van der Waals surface area (Å²) in [5.41, 5.74) is 2.27. The maximum Gasteiger partial charge on any atom is 0.119 e. The zero-order valence-electron chi connectivity index (χ0n) is 9.82. The van der Waals surface area contributed by atoms with Crippen LogP contribution in [0.2, 0.25) is 5.02 Å². The molecule has 0 aliphatic heterocycles. The van der Waals surface area contributed by atoms with E-state index in [1.807, 2.05) is 36.4 Å². The second kappa shape index (κ2) is 5.74. The molecule has 0 unspecified atom stereocenters. The van der Waals surface area contributed by atoms with Crippen LogP contribution in [0, 0.1) is 0 Å². The molecule has 1 nitrogen and oxygen atoms in total. The summed E-state index contributed by atoms with van der Waals surface area (Å²) < 4.78 is 5.54. The van der Waals surface area contributed by atoms with E-state index in [9.17, 15) is 0 Å². The van der Waals surface area contributed by atoms with Crippen LogP contribution >= 0.6 is 11.6 Å². The van der Waals surface area contributed by atoms with Gasteiger partial charge in [-0.3, -0.25) is 0 Å². The van der Waals surface area contributed by atoms with Gasteiger partial charge in [0.25, 0.3) is 0 Å². The maximum absolute atomic E-state index is 5.97. The molecule has 0 amide bonds. The highest BCUT2D eigenvalue weighted by molar-refractivity contribution is 6.30. The number of rotatable bonds is 4. The van der Waals surface area contributed by atoms with Crippen LogP contribution in [-0.4, -0.2) is 6.61 Å². The van der Waals surface area contributed by atoms with Crippen LogP contribution in [0.3, 0.4) is 0 Å². The lowest BCUT2D eigenvalue weighted by Gasteiger charge is -2.06. The molecule has 0 heterocycles. The van der Waals surface area contributed by atoms with Crippen LogP contribution < -0.4 is 4.74 Å². The normalized spacial score (nSPS) is 10.2. The van der Waals surface area contributed by atoms with E-state index in [2.05, 4.69) is 19.1 Å². The highest BCUT2D eigenvalue weighted by atomic mass is 35.5. The summed E-state index contributed by atoms with van der Waals surface area (Å²) in [7, 11) is 0. The zero-order chi connectivity index (χ0) is 12.1. The lowest BCUT2D eigenvalue weighted by Crippen LogP contribution is -1.94. The van der Waals surface area contributed by atoms with E-state index in [0.717, 1.165) is 34.9 Å². The Balaban J connectivity index is 2.17. The van der Waals surface area contributed by atoms with Crippen molar-refractivity contribution in [3.63, 3.8) is 0 Å². The van der Waals surface area contributed by atoms with E-state index < -0.39 is 0 Å². The molecule has 0 saturated heterocycles. The van der Waals surface area contributed by atoms with Crippen molar-refractivity contribution in [3.8, 4) is 16.9 Å². The molecule has 0 aliphatic carbocycles. The minimum atomic E-state index is 0.758. The quantitative estimate of drug-likeness (QED) is 0.753. The lowest BCUT2D eigenvalue weighted by molar-refractivity contribution is 0.317. The maximum atomic E-state index is 5.97. The summed E-state index contributed by atoms with van der Waals surface area (Å²) in [5, 5.41) is 0.758. The van der Waals surface area contributed by atoms with E-state index >= 15 is 0 Å². The van der Waals surface area contributed by atoms with Crippen LogP contribution in [-0.2, 0) is 0 Å². The fourth-order valence-corrected chi connectivity index (χ4v) is 1.82. The molecule has 2 heteroatoms. The molecule has 0 bridgehead atoms. The van der Waals surface area contributed by atoms with Crippen LogP contribution in [0.15, 0.2) is 48.5 Å². The third-order valence-electron chi connectivity index (χ3n) is 2.49. The Bertz CT molecular complexity index is 477. The van der Waals surface area contributed by atoms with Gasteiger partial charge in [-0.25, -0.2) is 0 Å².